The van der Waals surface area contributed by atoms with Crippen LogP contribution in [0.5, 0.6) is 0 Å². The van der Waals surface area contributed by atoms with Crippen molar-refractivity contribution in [1.82, 2.24) is 5.06 Å². The lowest BCUT2D eigenvalue weighted by molar-refractivity contribution is -0.202. The van der Waals surface area contributed by atoms with Gasteiger partial charge < -0.3 is 0 Å². The molecule has 2 atom stereocenters. The van der Waals surface area contributed by atoms with Gasteiger partial charge in [0.2, 0.25) is 5.91 Å². The van der Waals surface area contributed by atoms with Gasteiger partial charge in [0, 0.05) is 6.42 Å². The molecule has 92 valence electrons. The van der Waals surface area contributed by atoms with Crippen molar-refractivity contribution in [1.29, 1.82) is 0 Å². The second-order valence-corrected chi connectivity index (χ2v) is 6.37. The first-order valence-electron chi connectivity index (χ1n) is 6.42. The number of fused-ring (bicyclic) bond motifs is 1. The van der Waals surface area contributed by atoms with E-state index in [2.05, 4.69) is 20.8 Å². The summed E-state index contributed by atoms with van der Waals surface area (Å²) >= 11 is 0. The van der Waals surface area contributed by atoms with E-state index in [1.807, 2.05) is 0 Å². The molecule has 2 rings (SSSR count). The Balaban J connectivity index is 1.95. The maximum Gasteiger partial charge on any atom is 0.246 e. The van der Waals surface area contributed by atoms with Gasteiger partial charge in [-0.25, -0.2) is 5.06 Å². The standard InChI is InChI=1S/C13H23NO2/c1-13(2,3)9-16-14-11-7-5-4-6-10(11)8-12(14)15/h10-11H,4-9H2,1-3H3/t10-,11-/m0/s1. The molecule has 1 saturated carbocycles. The molecule has 0 radical (unpaired) electrons. The number of carbonyl (C=O) groups is 1. The van der Waals surface area contributed by atoms with E-state index in [4.69, 9.17) is 4.84 Å². The number of hydrogen-bond acceptors (Lipinski definition) is 2. The molecule has 0 aromatic carbocycles. The normalized spacial score (nSPS) is 30.7. The molecule has 0 bridgehead atoms. The molecular formula is C13H23NO2. The quantitative estimate of drug-likeness (QED) is 0.723. The van der Waals surface area contributed by atoms with Gasteiger partial charge >= 0.3 is 0 Å². The zero-order chi connectivity index (χ0) is 11.8. The van der Waals surface area contributed by atoms with Crippen LogP contribution in [0.4, 0.5) is 0 Å². The first-order chi connectivity index (χ1) is 7.47. The Morgan fingerprint density at radius 1 is 1.31 bits per heavy atom. The van der Waals surface area contributed by atoms with Crippen molar-refractivity contribution in [3.8, 4) is 0 Å². The van der Waals surface area contributed by atoms with Crippen molar-refractivity contribution >= 4 is 5.91 Å². The van der Waals surface area contributed by atoms with Gasteiger partial charge in [-0.15, -0.1) is 0 Å². The van der Waals surface area contributed by atoms with E-state index >= 15 is 0 Å². The Labute approximate surface area is 98.1 Å². The highest BCUT2D eigenvalue weighted by atomic mass is 16.7. The van der Waals surface area contributed by atoms with Gasteiger partial charge in [-0.05, 0) is 24.2 Å². The van der Waals surface area contributed by atoms with E-state index < -0.39 is 0 Å². The third-order valence-electron chi connectivity index (χ3n) is 3.49. The molecule has 0 unspecified atom stereocenters. The van der Waals surface area contributed by atoms with Crippen molar-refractivity contribution in [3.63, 3.8) is 0 Å². The largest absolute Gasteiger partial charge is 0.273 e. The highest BCUT2D eigenvalue weighted by Gasteiger charge is 2.42. The van der Waals surface area contributed by atoms with Crippen LogP contribution in [0, 0.1) is 11.3 Å². The zero-order valence-electron chi connectivity index (χ0n) is 10.7. The van der Waals surface area contributed by atoms with E-state index in [0.717, 1.165) is 6.42 Å². The molecule has 16 heavy (non-hydrogen) atoms. The molecule has 1 heterocycles. The highest BCUT2D eigenvalue weighted by molar-refractivity contribution is 5.78. The van der Waals surface area contributed by atoms with Gasteiger partial charge in [0.05, 0.1) is 12.6 Å². The van der Waals surface area contributed by atoms with Crippen molar-refractivity contribution in [2.24, 2.45) is 11.3 Å². The van der Waals surface area contributed by atoms with Crippen LogP contribution in [0.2, 0.25) is 0 Å². The Bertz CT molecular complexity index is 270. The monoisotopic (exact) mass is 225 g/mol. The van der Waals surface area contributed by atoms with Crippen LogP contribution in [0.25, 0.3) is 0 Å². The van der Waals surface area contributed by atoms with Crippen molar-refractivity contribution in [2.75, 3.05) is 6.61 Å². The first-order valence-corrected chi connectivity index (χ1v) is 6.42. The van der Waals surface area contributed by atoms with Crippen LogP contribution in [0.3, 0.4) is 0 Å². The van der Waals surface area contributed by atoms with E-state index in [0.29, 0.717) is 25.0 Å². The predicted molar refractivity (Wildman–Crippen MR) is 62.6 cm³/mol. The summed E-state index contributed by atoms with van der Waals surface area (Å²) < 4.78 is 0. The maximum atomic E-state index is 11.9. The summed E-state index contributed by atoms with van der Waals surface area (Å²) in [6, 6.07) is 0.364. The molecule has 1 aliphatic heterocycles. The summed E-state index contributed by atoms with van der Waals surface area (Å²) in [6.45, 7) is 7.02. The summed E-state index contributed by atoms with van der Waals surface area (Å²) in [4.78, 5) is 17.6. The number of carbonyl (C=O) groups excluding carboxylic acids is 1. The van der Waals surface area contributed by atoms with Crippen LogP contribution in [0.1, 0.15) is 52.9 Å². The summed E-state index contributed by atoms with van der Waals surface area (Å²) in [5.74, 6) is 0.752. The third kappa shape index (κ3) is 2.57. The molecule has 1 saturated heterocycles. The van der Waals surface area contributed by atoms with Crippen LogP contribution < -0.4 is 0 Å². The van der Waals surface area contributed by atoms with E-state index in [1.54, 1.807) is 5.06 Å². The average molecular weight is 225 g/mol. The van der Waals surface area contributed by atoms with Crippen molar-refractivity contribution in [2.45, 2.75) is 58.9 Å². The molecule has 1 amide bonds. The van der Waals surface area contributed by atoms with Crippen LogP contribution in [0.15, 0.2) is 0 Å². The molecule has 2 fully saturated rings. The lowest BCUT2D eigenvalue weighted by Crippen LogP contribution is -2.38. The lowest BCUT2D eigenvalue weighted by Gasteiger charge is -2.32. The number of amides is 1. The van der Waals surface area contributed by atoms with Gasteiger partial charge in [0.25, 0.3) is 0 Å². The molecule has 2 aliphatic rings. The SMILES string of the molecule is CC(C)(C)CON1C(=O)C[C@@H]2CCCC[C@@H]21. The average Bonchev–Trinajstić information content (AvgIpc) is 2.49. The Kier molecular flexibility index (Phi) is 3.24. The van der Waals surface area contributed by atoms with Gasteiger partial charge in [-0.3, -0.25) is 9.63 Å². The fraction of sp³-hybridized carbons (Fsp3) is 0.923. The fourth-order valence-electron chi connectivity index (χ4n) is 2.67. The number of hydrogen-bond donors (Lipinski definition) is 0. The van der Waals surface area contributed by atoms with Crippen LogP contribution >= 0.6 is 0 Å². The summed E-state index contributed by atoms with van der Waals surface area (Å²) in [5.41, 5.74) is 0.118. The molecule has 3 nitrogen and oxygen atoms in total. The van der Waals surface area contributed by atoms with Gasteiger partial charge in [0.1, 0.15) is 0 Å². The Hall–Kier alpha value is -0.570. The number of hydroxylamine groups is 2. The fourth-order valence-corrected chi connectivity index (χ4v) is 2.67. The Morgan fingerprint density at radius 2 is 2.00 bits per heavy atom. The molecular weight excluding hydrogens is 202 g/mol. The molecule has 0 spiro atoms. The lowest BCUT2D eigenvalue weighted by atomic mass is 9.85. The van der Waals surface area contributed by atoms with Crippen molar-refractivity contribution in [3.05, 3.63) is 0 Å². The maximum absolute atomic E-state index is 11.9. The Morgan fingerprint density at radius 3 is 2.69 bits per heavy atom. The van der Waals surface area contributed by atoms with E-state index in [1.165, 1.54) is 19.3 Å². The van der Waals surface area contributed by atoms with E-state index in [9.17, 15) is 4.79 Å². The molecule has 1 aliphatic carbocycles. The minimum Gasteiger partial charge on any atom is -0.273 e. The molecule has 0 aromatic heterocycles. The highest BCUT2D eigenvalue weighted by Crippen LogP contribution is 2.37. The summed E-state index contributed by atoms with van der Waals surface area (Å²) in [7, 11) is 0. The minimum absolute atomic E-state index is 0.118. The molecule has 0 aromatic rings. The van der Waals surface area contributed by atoms with Crippen LogP contribution in [-0.2, 0) is 9.63 Å². The van der Waals surface area contributed by atoms with Gasteiger partial charge in [0.15, 0.2) is 0 Å². The third-order valence-corrected chi connectivity index (χ3v) is 3.49. The minimum atomic E-state index is 0.118. The predicted octanol–water partition coefficient (Wildman–Crippen LogP) is 2.76. The van der Waals surface area contributed by atoms with Gasteiger partial charge in [-0.1, -0.05) is 33.6 Å². The zero-order valence-corrected chi connectivity index (χ0v) is 10.7. The molecule has 3 heteroatoms. The summed E-state index contributed by atoms with van der Waals surface area (Å²) in [5, 5.41) is 1.69. The summed E-state index contributed by atoms with van der Waals surface area (Å²) in [6.07, 6.45) is 5.55. The number of nitrogens with zero attached hydrogens (tertiary/aromatic N) is 1. The van der Waals surface area contributed by atoms with E-state index in [-0.39, 0.29) is 11.3 Å². The molecule has 0 N–H and O–H groups in total. The van der Waals surface area contributed by atoms with Crippen molar-refractivity contribution < 1.29 is 9.63 Å². The second-order valence-electron chi connectivity index (χ2n) is 6.37. The first kappa shape index (κ1) is 11.9. The topological polar surface area (TPSA) is 29.5 Å². The number of rotatable bonds is 2. The van der Waals surface area contributed by atoms with Gasteiger partial charge in [-0.2, -0.15) is 0 Å². The second kappa shape index (κ2) is 4.36. The van der Waals surface area contributed by atoms with Crippen LogP contribution in [-0.4, -0.2) is 23.6 Å². The smallest absolute Gasteiger partial charge is 0.246 e.